The van der Waals surface area contributed by atoms with Crippen molar-refractivity contribution in [2.75, 3.05) is 0 Å². The van der Waals surface area contributed by atoms with Gasteiger partial charge in [-0.1, -0.05) is 19.1 Å². The van der Waals surface area contributed by atoms with Crippen molar-refractivity contribution >= 4 is 0 Å². The van der Waals surface area contributed by atoms with Crippen LogP contribution in [0.25, 0.3) is 0 Å². The molecule has 0 saturated heterocycles. The molecule has 1 heterocycles. The summed E-state index contributed by atoms with van der Waals surface area (Å²) in [5.41, 5.74) is 3.35. The monoisotopic (exact) mass is 247 g/mol. The van der Waals surface area contributed by atoms with E-state index in [9.17, 15) is 4.39 Å². The Balaban J connectivity index is 1.88. The van der Waals surface area contributed by atoms with Crippen molar-refractivity contribution in [3.05, 3.63) is 53.1 Å². The summed E-state index contributed by atoms with van der Waals surface area (Å²) in [6, 6.07) is 8.66. The zero-order valence-corrected chi connectivity index (χ0v) is 10.8. The van der Waals surface area contributed by atoms with Gasteiger partial charge in [0.25, 0.3) is 0 Å². The molecule has 18 heavy (non-hydrogen) atoms. The molecule has 4 heteroatoms. The van der Waals surface area contributed by atoms with E-state index in [1.807, 2.05) is 11.7 Å². The molecule has 0 aliphatic rings. The van der Waals surface area contributed by atoms with Crippen LogP contribution in [-0.2, 0) is 26.6 Å². The molecule has 0 spiro atoms. The third kappa shape index (κ3) is 3.17. The van der Waals surface area contributed by atoms with Crippen LogP contribution in [0.3, 0.4) is 0 Å². The van der Waals surface area contributed by atoms with Crippen molar-refractivity contribution in [2.45, 2.75) is 26.4 Å². The minimum atomic E-state index is -0.196. The molecular weight excluding hydrogens is 229 g/mol. The number of halogens is 1. The molecule has 1 aromatic carbocycles. The summed E-state index contributed by atoms with van der Waals surface area (Å²) < 4.78 is 14.6. The van der Waals surface area contributed by atoms with Crippen LogP contribution < -0.4 is 5.32 Å². The molecule has 0 unspecified atom stereocenters. The number of hydrogen-bond acceptors (Lipinski definition) is 2. The first-order valence-electron chi connectivity index (χ1n) is 6.16. The topological polar surface area (TPSA) is 29.9 Å². The van der Waals surface area contributed by atoms with E-state index in [1.54, 1.807) is 12.1 Å². The normalized spacial score (nSPS) is 10.8. The van der Waals surface area contributed by atoms with E-state index in [4.69, 9.17) is 0 Å². The van der Waals surface area contributed by atoms with Gasteiger partial charge in [-0.05, 0) is 30.2 Å². The van der Waals surface area contributed by atoms with E-state index in [1.165, 1.54) is 12.1 Å². The maximum atomic E-state index is 12.7. The minimum Gasteiger partial charge on any atom is -0.307 e. The molecule has 0 bridgehead atoms. The Kier molecular flexibility index (Phi) is 4.10. The molecule has 2 rings (SSSR count). The second-order valence-electron chi connectivity index (χ2n) is 4.33. The van der Waals surface area contributed by atoms with Gasteiger partial charge < -0.3 is 5.32 Å². The molecular formula is C14H18FN3. The number of hydrogen-bond donors (Lipinski definition) is 1. The molecule has 0 aliphatic heterocycles. The lowest BCUT2D eigenvalue weighted by Crippen LogP contribution is -2.15. The largest absolute Gasteiger partial charge is 0.307 e. The van der Waals surface area contributed by atoms with Gasteiger partial charge in [-0.3, -0.25) is 4.68 Å². The van der Waals surface area contributed by atoms with Crippen LogP contribution in [0.5, 0.6) is 0 Å². The van der Waals surface area contributed by atoms with Crippen molar-refractivity contribution in [3.8, 4) is 0 Å². The lowest BCUT2D eigenvalue weighted by atomic mass is 10.2. The molecule has 0 fully saturated rings. The van der Waals surface area contributed by atoms with Gasteiger partial charge in [-0.15, -0.1) is 0 Å². The van der Waals surface area contributed by atoms with Crippen molar-refractivity contribution in [1.29, 1.82) is 0 Å². The maximum Gasteiger partial charge on any atom is 0.123 e. The van der Waals surface area contributed by atoms with Crippen molar-refractivity contribution in [2.24, 2.45) is 7.05 Å². The van der Waals surface area contributed by atoms with Gasteiger partial charge in [0.1, 0.15) is 5.82 Å². The van der Waals surface area contributed by atoms with Crippen LogP contribution in [0.2, 0.25) is 0 Å². The average Bonchev–Trinajstić information content (AvgIpc) is 2.73. The fourth-order valence-corrected chi connectivity index (χ4v) is 1.85. The Hall–Kier alpha value is -1.68. The summed E-state index contributed by atoms with van der Waals surface area (Å²) in [5.74, 6) is -0.196. The fourth-order valence-electron chi connectivity index (χ4n) is 1.85. The Bertz CT molecular complexity index is 502. The van der Waals surface area contributed by atoms with Crippen molar-refractivity contribution in [3.63, 3.8) is 0 Å². The second-order valence-corrected chi connectivity index (χ2v) is 4.33. The number of rotatable bonds is 5. The summed E-state index contributed by atoms with van der Waals surface area (Å²) in [7, 11) is 1.95. The Morgan fingerprint density at radius 3 is 2.56 bits per heavy atom. The molecule has 0 amide bonds. The minimum absolute atomic E-state index is 0.196. The quantitative estimate of drug-likeness (QED) is 0.879. The van der Waals surface area contributed by atoms with Gasteiger partial charge in [-0.2, -0.15) is 5.10 Å². The van der Waals surface area contributed by atoms with Crippen molar-refractivity contribution in [1.82, 2.24) is 15.1 Å². The van der Waals surface area contributed by atoms with Crippen LogP contribution in [0.1, 0.15) is 23.9 Å². The number of aromatic nitrogens is 2. The first-order valence-corrected chi connectivity index (χ1v) is 6.16. The van der Waals surface area contributed by atoms with Crippen LogP contribution in [-0.4, -0.2) is 9.78 Å². The predicted molar refractivity (Wildman–Crippen MR) is 69.5 cm³/mol. The molecule has 0 atom stereocenters. The molecule has 0 saturated carbocycles. The predicted octanol–water partition coefficient (Wildman–Crippen LogP) is 2.41. The summed E-state index contributed by atoms with van der Waals surface area (Å²) in [5, 5.41) is 7.73. The number of nitrogens with zero attached hydrogens (tertiary/aromatic N) is 2. The summed E-state index contributed by atoms with van der Waals surface area (Å²) in [6.07, 6.45) is 0.950. The standard InChI is InChI=1S/C14H18FN3/c1-3-13-8-14(18(2)17-13)10-16-9-11-4-6-12(15)7-5-11/h4-8,16H,3,9-10H2,1-2H3. The third-order valence-corrected chi connectivity index (χ3v) is 2.94. The smallest absolute Gasteiger partial charge is 0.123 e. The number of nitrogens with one attached hydrogen (secondary N) is 1. The highest BCUT2D eigenvalue weighted by Crippen LogP contribution is 2.05. The van der Waals surface area contributed by atoms with Gasteiger partial charge in [0.15, 0.2) is 0 Å². The SMILES string of the molecule is CCc1cc(CNCc2ccc(F)cc2)n(C)n1. The summed E-state index contributed by atoms with van der Waals surface area (Å²) in [6.45, 7) is 3.59. The number of benzene rings is 1. The van der Waals surface area contributed by atoms with E-state index in [0.29, 0.717) is 0 Å². The third-order valence-electron chi connectivity index (χ3n) is 2.94. The zero-order chi connectivity index (χ0) is 13.0. The fraction of sp³-hybridized carbons (Fsp3) is 0.357. The van der Waals surface area contributed by atoms with E-state index in [0.717, 1.165) is 36.5 Å². The van der Waals surface area contributed by atoms with Gasteiger partial charge >= 0.3 is 0 Å². The highest BCUT2D eigenvalue weighted by Gasteiger charge is 2.03. The van der Waals surface area contributed by atoms with E-state index in [-0.39, 0.29) is 5.82 Å². The lowest BCUT2D eigenvalue weighted by Gasteiger charge is -2.05. The first kappa shape index (κ1) is 12.8. The second kappa shape index (κ2) is 5.78. The van der Waals surface area contributed by atoms with E-state index in [2.05, 4.69) is 23.4 Å². The highest BCUT2D eigenvalue weighted by atomic mass is 19.1. The van der Waals surface area contributed by atoms with E-state index >= 15 is 0 Å². The molecule has 1 aromatic heterocycles. The summed E-state index contributed by atoms with van der Waals surface area (Å²) in [4.78, 5) is 0. The number of aryl methyl sites for hydroxylation is 2. The van der Waals surface area contributed by atoms with Crippen LogP contribution >= 0.6 is 0 Å². The molecule has 96 valence electrons. The maximum absolute atomic E-state index is 12.7. The summed E-state index contributed by atoms with van der Waals surface area (Å²) >= 11 is 0. The molecule has 0 aliphatic carbocycles. The molecule has 3 nitrogen and oxygen atoms in total. The van der Waals surface area contributed by atoms with Gasteiger partial charge in [0.2, 0.25) is 0 Å². The Morgan fingerprint density at radius 2 is 1.94 bits per heavy atom. The first-order chi connectivity index (χ1) is 8.69. The Morgan fingerprint density at radius 1 is 1.22 bits per heavy atom. The Labute approximate surface area is 107 Å². The molecule has 0 radical (unpaired) electrons. The van der Waals surface area contributed by atoms with Gasteiger partial charge in [0.05, 0.1) is 11.4 Å². The lowest BCUT2D eigenvalue weighted by molar-refractivity contribution is 0.615. The van der Waals surface area contributed by atoms with Crippen LogP contribution in [0, 0.1) is 5.82 Å². The van der Waals surface area contributed by atoms with Gasteiger partial charge in [-0.25, -0.2) is 4.39 Å². The van der Waals surface area contributed by atoms with Crippen LogP contribution in [0.4, 0.5) is 4.39 Å². The molecule has 2 aromatic rings. The van der Waals surface area contributed by atoms with E-state index < -0.39 is 0 Å². The van der Waals surface area contributed by atoms with Crippen LogP contribution in [0.15, 0.2) is 30.3 Å². The average molecular weight is 247 g/mol. The van der Waals surface area contributed by atoms with Crippen molar-refractivity contribution < 1.29 is 4.39 Å². The zero-order valence-electron chi connectivity index (χ0n) is 10.8. The highest BCUT2D eigenvalue weighted by molar-refractivity contribution is 5.16. The van der Waals surface area contributed by atoms with Gasteiger partial charge in [0, 0.05) is 20.1 Å². The molecule has 1 N–H and O–H groups in total.